The maximum Gasteiger partial charge on any atom is 0.310 e. The van der Waals surface area contributed by atoms with Gasteiger partial charge in [0.05, 0.1) is 0 Å². The van der Waals surface area contributed by atoms with Gasteiger partial charge in [-0.2, -0.15) is 4.67 Å². The van der Waals surface area contributed by atoms with E-state index in [9.17, 15) is 0 Å². The van der Waals surface area contributed by atoms with Crippen LogP contribution in [0.1, 0.15) is 142 Å². The molecule has 0 amide bonds. The van der Waals surface area contributed by atoms with Crippen LogP contribution >= 0.6 is 8.16 Å². The molecular weight excluding hydrogens is 605 g/mol. The third-order valence-electron chi connectivity index (χ3n) is 9.70. The minimum atomic E-state index is -1.63. The molecule has 0 radical (unpaired) electrons. The minimum Gasteiger partial charge on any atom is -0.407 e. The van der Waals surface area contributed by atoms with Crippen LogP contribution in [-0.2, 0) is 21.7 Å². The van der Waals surface area contributed by atoms with Crippen LogP contribution in [0.4, 0.5) is 0 Å². The molecule has 0 aliphatic heterocycles. The Morgan fingerprint density at radius 1 is 0.479 bits per heavy atom. The van der Waals surface area contributed by atoms with Crippen molar-refractivity contribution in [2.75, 3.05) is 4.67 Å². The van der Waals surface area contributed by atoms with Crippen LogP contribution in [0.3, 0.4) is 0 Å². The molecular formula is C44H58NO2P. The summed E-state index contributed by atoms with van der Waals surface area (Å²) in [5, 5.41) is 2.26. The van der Waals surface area contributed by atoms with Crippen molar-refractivity contribution >= 4 is 30.1 Å². The molecule has 2 atom stereocenters. The molecule has 0 aliphatic rings. The van der Waals surface area contributed by atoms with Crippen molar-refractivity contribution in [3.8, 4) is 0 Å². The van der Waals surface area contributed by atoms with Crippen molar-refractivity contribution in [3.63, 3.8) is 0 Å². The summed E-state index contributed by atoms with van der Waals surface area (Å²) in [6, 6.07) is 31.2. The quantitative estimate of drug-likeness (QED) is 0.187. The highest BCUT2D eigenvalue weighted by atomic mass is 31.1. The van der Waals surface area contributed by atoms with Gasteiger partial charge in [0.25, 0.3) is 0 Å². The summed E-state index contributed by atoms with van der Waals surface area (Å²) < 4.78 is 17.4. The van der Waals surface area contributed by atoms with Crippen molar-refractivity contribution in [2.45, 2.75) is 131 Å². The first-order chi connectivity index (χ1) is 22.2. The number of hydrogen-bond donors (Lipinski definition) is 0. The molecule has 5 rings (SSSR count). The lowest BCUT2D eigenvalue weighted by Crippen LogP contribution is -2.27. The lowest BCUT2D eigenvalue weighted by molar-refractivity contribution is 0.536. The first-order valence-corrected chi connectivity index (χ1v) is 18.7. The summed E-state index contributed by atoms with van der Waals surface area (Å²) in [7, 11) is -1.63. The standard InChI is InChI=1S/C44H58NO2P/c1-29(31-21-17-15-18-22-31)45(30(2)32-23-19-16-20-24-32)48-46-39-35(25-33(41(3,4)5)27-37(39)43(9,10)11)36-26-34(42(6,7)8)28-38(40(36)47-48)44(12,13)14/h15-30H,1-14H3/t29-,30-/m1/s1. The SMILES string of the molecule is C[C@H](c1ccccc1)N([C@H](C)c1ccccc1)p1oc2c(C(C)(C)C)cc(C(C)(C)C)cc2c2cc(C(C)(C)C)cc(C(C)(C)C)c2o1. The van der Waals surface area contributed by atoms with Gasteiger partial charge in [0.1, 0.15) is 11.2 Å². The van der Waals surface area contributed by atoms with E-state index in [1.807, 2.05) is 0 Å². The number of nitrogens with zero attached hydrogens (tertiary/aromatic N) is 1. The molecule has 0 saturated carbocycles. The fourth-order valence-corrected chi connectivity index (χ4v) is 8.25. The van der Waals surface area contributed by atoms with Gasteiger partial charge in [-0.25, -0.2) is 0 Å². The van der Waals surface area contributed by atoms with Gasteiger partial charge >= 0.3 is 8.16 Å². The molecule has 256 valence electrons. The average molecular weight is 664 g/mol. The summed E-state index contributed by atoms with van der Waals surface area (Å²) >= 11 is 0. The van der Waals surface area contributed by atoms with Gasteiger partial charge in [-0.05, 0) is 69.9 Å². The van der Waals surface area contributed by atoms with E-state index in [0.717, 1.165) is 21.9 Å². The van der Waals surface area contributed by atoms with Gasteiger partial charge < -0.3 is 8.39 Å². The van der Waals surface area contributed by atoms with Gasteiger partial charge in [-0.3, -0.25) is 0 Å². The molecule has 4 aromatic carbocycles. The average Bonchev–Trinajstić information content (AvgIpc) is 3.15. The molecule has 1 heterocycles. The highest BCUT2D eigenvalue weighted by Gasteiger charge is 2.33. The number of fused-ring (bicyclic) bond motifs is 3. The Hall–Kier alpha value is -3.26. The Balaban J connectivity index is 2.06. The minimum absolute atomic E-state index is 0.0244. The molecule has 1 aromatic heterocycles. The topological polar surface area (TPSA) is 29.5 Å². The van der Waals surface area contributed by atoms with Gasteiger partial charge in [-0.15, -0.1) is 0 Å². The van der Waals surface area contributed by atoms with Gasteiger partial charge in [-0.1, -0.05) is 156 Å². The van der Waals surface area contributed by atoms with Crippen molar-refractivity contribution in [3.05, 3.63) is 118 Å². The number of benzene rings is 4. The first-order valence-electron chi connectivity index (χ1n) is 17.6. The molecule has 0 N–H and O–H groups in total. The van der Waals surface area contributed by atoms with Crippen molar-refractivity contribution in [2.24, 2.45) is 0 Å². The molecule has 0 unspecified atom stereocenters. The normalized spacial score (nSPS) is 14.5. The van der Waals surface area contributed by atoms with Crippen LogP contribution in [0.2, 0.25) is 0 Å². The van der Waals surface area contributed by atoms with E-state index in [1.165, 1.54) is 33.4 Å². The van der Waals surface area contributed by atoms with E-state index in [0.29, 0.717) is 0 Å². The summed E-state index contributed by atoms with van der Waals surface area (Å²) in [5.74, 6) is 0. The zero-order valence-corrected chi connectivity index (χ0v) is 32.8. The van der Waals surface area contributed by atoms with Crippen LogP contribution in [-0.4, -0.2) is 0 Å². The summed E-state index contributed by atoms with van der Waals surface area (Å²) in [6.07, 6.45) is 0. The van der Waals surface area contributed by atoms with Gasteiger partial charge in [0, 0.05) is 34.0 Å². The molecule has 5 aromatic rings. The Kier molecular flexibility index (Phi) is 9.67. The lowest BCUT2D eigenvalue weighted by Gasteiger charge is -2.32. The zero-order chi connectivity index (χ0) is 35.4. The van der Waals surface area contributed by atoms with Crippen LogP contribution < -0.4 is 4.67 Å². The summed E-state index contributed by atoms with van der Waals surface area (Å²) in [4.78, 5) is 0. The van der Waals surface area contributed by atoms with E-state index in [4.69, 9.17) is 8.39 Å². The predicted molar refractivity (Wildman–Crippen MR) is 209 cm³/mol. The van der Waals surface area contributed by atoms with Crippen molar-refractivity contribution in [1.29, 1.82) is 0 Å². The van der Waals surface area contributed by atoms with Crippen molar-refractivity contribution < 1.29 is 8.39 Å². The lowest BCUT2D eigenvalue weighted by atomic mass is 9.77. The number of hydrogen-bond acceptors (Lipinski definition) is 3. The van der Waals surface area contributed by atoms with Crippen molar-refractivity contribution in [1.82, 2.24) is 0 Å². The highest BCUT2D eigenvalue weighted by Crippen LogP contribution is 2.50. The highest BCUT2D eigenvalue weighted by molar-refractivity contribution is 7.39. The summed E-state index contributed by atoms with van der Waals surface area (Å²) in [6.45, 7) is 32.2. The summed E-state index contributed by atoms with van der Waals surface area (Å²) in [5.41, 5.74) is 8.98. The molecule has 0 bridgehead atoms. The van der Waals surface area contributed by atoms with Crippen LogP contribution in [0.25, 0.3) is 21.9 Å². The third-order valence-corrected chi connectivity index (χ3v) is 11.4. The molecule has 0 fully saturated rings. The smallest absolute Gasteiger partial charge is 0.310 e. The maximum absolute atomic E-state index is 7.47. The second-order valence-electron chi connectivity index (χ2n) is 17.8. The Labute approximate surface area is 291 Å². The first kappa shape index (κ1) is 36.0. The van der Waals surface area contributed by atoms with Crippen LogP contribution in [0.15, 0.2) is 93.3 Å². The van der Waals surface area contributed by atoms with E-state index >= 15 is 0 Å². The van der Waals surface area contributed by atoms with E-state index in [2.05, 4.69) is 187 Å². The molecule has 48 heavy (non-hydrogen) atoms. The second kappa shape index (κ2) is 12.9. The molecule has 3 nitrogen and oxygen atoms in total. The predicted octanol–water partition coefficient (Wildman–Crippen LogP) is 13.9. The van der Waals surface area contributed by atoms with E-state index in [1.54, 1.807) is 0 Å². The third kappa shape index (κ3) is 7.34. The molecule has 0 aliphatic carbocycles. The number of rotatable bonds is 5. The second-order valence-corrected chi connectivity index (χ2v) is 19.1. The molecule has 0 spiro atoms. The Morgan fingerprint density at radius 2 is 0.812 bits per heavy atom. The Morgan fingerprint density at radius 3 is 1.10 bits per heavy atom. The molecule has 0 saturated heterocycles. The fraction of sp³-hybridized carbons (Fsp3) is 0.455. The largest absolute Gasteiger partial charge is 0.407 e. The monoisotopic (exact) mass is 663 g/mol. The van der Waals surface area contributed by atoms with Gasteiger partial charge in [0.2, 0.25) is 0 Å². The zero-order valence-electron chi connectivity index (χ0n) is 31.9. The Bertz CT molecular complexity index is 1790. The maximum atomic E-state index is 7.47. The van der Waals surface area contributed by atoms with Crippen LogP contribution in [0, 0.1) is 0 Å². The molecule has 4 heteroatoms. The fourth-order valence-electron chi connectivity index (χ4n) is 6.49. The van der Waals surface area contributed by atoms with E-state index < -0.39 is 8.16 Å². The van der Waals surface area contributed by atoms with Crippen LogP contribution in [0.5, 0.6) is 0 Å². The van der Waals surface area contributed by atoms with E-state index in [-0.39, 0.29) is 33.7 Å². The van der Waals surface area contributed by atoms with Gasteiger partial charge in [0.15, 0.2) is 0 Å².